The zero-order chi connectivity index (χ0) is 12.1. The van der Waals surface area contributed by atoms with E-state index in [0.29, 0.717) is 0 Å². The predicted molar refractivity (Wildman–Crippen MR) is 72.7 cm³/mol. The van der Waals surface area contributed by atoms with Gasteiger partial charge in [0, 0.05) is 5.54 Å². The van der Waals surface area contributed by atoms with Crippen molar-refractivity contribution in [2.75, 3.05) is 0 Å². The molecule has 0 heterocycles. The topological polar surface area (TPSA) is 26.0 Å². The maximum absolute atomic E-state index is 6.11. The van der Waals surface area contributed by atoms with Gasteiger partial charge in [-0.2, -0.15) is 0 Å². The van der Waals surface area contributed by atoms with Gasteiger partial charge in [0.2, 0.25) is 0 Å². The van der Waals surface area contributed by atoms with Crippen molar-refractivity contribution >= 4 is 0 Å². The van der Waals surface area contributed by atoms with Crippen LogP contribution in [0.2, 0.25) is 0 Å². The van der Waals surface area contributed by atoms with E-state index in [9.17, 15) is 0 Å². The molecule has 17 heavy (non-hydrogen) atoms. The van der Waals surface area contributed by atoms with E-state index in [0.717, 1.165) is 23.2 Å². The molecule has 4 rings (SSSR count). The third-order valence-corrected chi connectivity index (χ3v) is 5.69. The second kappa shape index (κ2) is 3.98. The zero-order valence-electron chi connectivity index (χ0n) is 11.7. The van der Waals surface area contributed by atoms with Gasteiger partial charge < -0.3 is 5.73 Å². The molecule has 0 aromatic heterocycles. The summed E-state index contributed by atoms with van der Waals surface area (Å²) in [6.45, 7) is 4.35. The molecule has 4 aliphatic carbocycles. The minimum atomic E-state index is 0.0439. The first-order chi connectivity index (χ1) is 7.94. The van der Waals surface area contributed by atoms with Gasteiger partial charge in [0.25, 0.3) is 0 Å². The van der Waals surface area contributed by atoms with Crippen LogP contribution in [0.4, 0.5) is 0 Å². The fraction of sp³-hybridized carbons (Fsp3) is 1.00. The highest BCUT2D eigenvalue weighted by Crippen LogP contribution is 2.61. The van der Waals surface area contributed by atoms with Gasteiger partial charge in [-0.25, -0.2) is 0 Å². The van der Waals surface area contributed by atoms with Crippen molar-refractivity contribution in [1.82, 2.24) is 0 Å². The standard InChI is InChI=1S/C16H29N/c1-15(2,17)4-3-5-16-9-12-6-13(10-16)8-14(7-12)11-16/h12-14H,3-11,17H2,1-2H3. The molecule has 4 aliphatic rings. The normalized spacial score (nSPS) is 44.3. The van der Waals surface area contributed by atoms with E-state index >= 15 is 0 Å². The summed E-state index contributed by atoms with van der Waals surface area (Å²) in [5, 5.41) is 0. The molecule has 0 radical (unpaired) electrons. The van der Waals surface area contributed by atoms with Crippen molar-refractivity contribution in [3.63, 3.8) is 0 Å². The summed E-state index contributed by atoms with van der Waals surface area (Å²) in [5.41, 5.74) is 6.92. The van der Waals surface area contributed by atoms with Crippen LogP contribution in [0.25, 0.3) is 0 Å². The van der Waals surface area contributed by atoms with Crippen LogP contribution in [-0.2, 0) is 0 Å². The van der Waals surface area contributed by atoms with E-state index < -0.39 is 0 Å². The Morgan fingerprint density at radius 1 is 1.00 bits per heavy atom. The highest BCUT2D eigenvalue weighted by atomic mass is 14.7. The number of rotatable bonds is 4. The van der Waals surface area contributed by atoms with E-state index in [1.54, 1.807) is 38.5 Å². The van der Waals surface area contributed by atoms with Crippen LogP contribution in [0.5, 0.6) is 0 Å². The van der Waals surface area contributed by atoms with Crippen molar-refractivity contribution in [2.45, 2.75) is 77.2 Å². The highest BCUT2D eigenvalue weighted by molar-refractivity contribution is 5.01. The van der Waals surface area contributed by atoms with Crippen molar-refractivity contribution in [2.24, 2.45) is 28.9 Å². The Morgan fingerprint density at radius 3 is 1.88 bits per heavy atom. The Labute approximate surface area is 107 Å². The van der Waals surface area contributed by atoms with Crippen LogP contribution >= 0.6 is 0 Å². The van der Waals surface area contributed by atoms with E-state index in [4.69, 9.17) is 5.73 Å². The minimum Gasteiger partial charge on any atom is -0.326 e. The van der Waals surface area contributed by atoms with Gasteiger partial charge in [0.1, 0.15) is 0 Å². The largest absolute Gasteiger partial charge is 0.326 e. The third-order valence-electron chi connectivity index (χ3n) is 5.69. The molecule has 1 nitrogen and oxygen atoms in total. The lowest BCUT2D eigenvalue weighted by Gasteiger charge is -2.57. The van der Waals surface area contributed by atoms with Crippen molar-refractivity contribution in [3.8, 4) is 0 Å². The molecule has 1 heteroatoms. The number of hydrogen-bond donors (Lipinski definition) is 1. The molecular formula is C16H29N. The second-order valence-electron chi connectivity index (χ2n) is 8.26. The summed E-state index contributed by atoms with van der Waals surface area (Å²) >= 11 is 0. The minimum absolute atomic E-state index is 0.0439. The van der Waals surface area contributed by atoms with Gasteiger partial charge in [0.05, 0.1) is 0 Å². The summed E-state index contributed by atoms with van der Waals surface area (Å²) in [4.78, 5) is 0. The molecule has 98 valence electrons. The lowest BCUT2D eigenvalue weighted by molar-refractivity contribution is -0.0587. The first-order valence-corrected chi connectivity index (χ1v) is 7.73. The fourth-order valence-electron chi connectivity index (χ4n) is 5.52. The molecular weight excluding hydrogens is 206 g/mol. The number of hydrogen-bond acceptors (Lipinski definition) is 1. The molecule has 0 aromatic rings. The molecule has 2 N–H and O–H groups in total. The third kappa shape index (κ3) is 2.54. The Kier molecular flexibility index (Phi) is 2.81. The van der Waals surface area contributed by atoms with Crippen molar-refractivity contribution < 1.29 is 0 Å². The molecule has 0 amide bonds. The fourth-order valence-corrected chi connectivity index (χ4v) is 5.52. The van der Waals surface area contributed by atoms with E-state index in [2.05, 4.69) is 13.8 Å². The maximum Gasteiger partial charge on any atom is 0.00970 e. The molecule has 0 spiro atoms. The van der Waals surface area contributed by atoms with Crippen LogP contribution in [0.15, 0.2) is 0 Å². The lowest BCUT2D eigenvalue weighted by atomic mass is 9.48. The summed E-state index contributed by atoms with van der Waals surface area (Å²) in [5.74, 6) is 3.31. The van der Waals surface area contributed by atoms with Gasteiger partial charge in [-0.05, 0) is 88.4 Å². The van der Waals surface area contributed by atoms with E-state index in [1.165, 1.54) is 19.3 Å². The van der Waals surface area contributed by atoms with Crippen LogP contribution < -0.4 is 5.73 Å². The quantitative estimate of drug-likeness (QED) is 0.779. The van der Waals surface area contributed by atoms with E-state index in [-0.39, 0.29) is 5.54 Å². The molecule has 0 atom stereocenters. The molecule has 0 unspecified atom stereocenters. The zero-order valence-corrected chi connectivity index (χ0v) is 11.7. The molecule has 0 saturated heterocycles. The lowest BCUT2D eigenvalue weighted by Crippen LogP contribution is -2.46. The molecule has 4 fully saturated rings. The van der Waals surface area contributed by atoms with Gasteiger partial charge >= 0.3 is 0 Å². The summed E-state index contributed by atoms with van der Waals surface area (Å²) in [7, 11) is 0. The Bertz CT molecular complexity index is 251. The van der Waals surface area contributed by atoms with E-state index in [1.807, 2.05) is 0 Å². The molecule has 0 aromatic carbocycles. The Hall–Kier alpha value is -0.0400. The molecule has 0 aliphatic heterocycles. The van der Waals surface area contributed by atoms with Crippen molar-refractivity contribution in [1.29, 1.82) is 0 Å². The Morgan fingerprint density at radius 2 is 1.47 bits per heavy atom. The van der Waals surface area contributed by atoms with Crippen LogP contribution in [0.1, 0.15) is 71.6 Å². The van der Waals surface area contributed by atoms with Crippen LogP contribution in [0.3, 0.4) is 0 Å². The number of nitrogens with two attached hydrogens (primary N) is 1. The average molecular weight is 235 g/mol. The average Bonchev–Trinajstić information content (AvgIpc) is 2.11. The maximum atomic E-state index is 6.11. The van der Waals surface area contributed by atoms with Gasteiger partial charge in [-0.3, -0.25) is 0 Å². The molecule has 4 bridgehead atoms. The van der Waals surface area contributed by atoms with Gasteiger partial charge in [0.15, 0.2) is 0 Å². The van der Waals surface area contributed by atoms with Crippen molar-refractivity contribution in [3.05, 3.63) is 0 Å². The van der Waals surface area contributed by atoms with Crippen LogP contribution in [-0.4, -0.2) is 5.54 Å². The first kappa shape index (κ1) is 12.0. The summed E-state index contributed by atoms with van der Waals surface area (Å²) in [6, 6.07) is 0. The molecule has 4 saturated carbocycles. The Balaban J connectivity index is 1.59. The summed E-state index contributed by atoms with van der Waals surface area (Å²) in [6.07, 6.45) is 13.4. The predicted octanol–water partition coefficient (Wildman–Crippen LogP) is 4.11. The van der Waals surface area contributed by atoms with Crippen LogP contribution in [0, 0.1) is 23.2 Å². The van der Waals surface area contributed by atoms with Gasteiger partial charge in [-0.15, -0.1) is 0 Å². The monoisotopic (exact) mass is 235 g/mol. The van der Waals surface area contributed by atoms with Gasteiger partial charge in [-0.1, -0.05) is 6.42 Å². The SMILES string of the molecule is CC(C)(N)CCCC12CC3CC(CC(C3)C1)C2. The smallest absolute Gasteiger partial charge is 0.00970 e. The summed E-state index contributed by atoms with van der Waals surface area (Å²) < 4.78 is 0. The first-order valence-electron chi connectivity index (χ1n) is 7.73. The second-order valence-corrected chi connectivity index (χ2v) is 8.26. The highest BCUT2D eigenvalue weighted by Gasteiger charge is 2.50.